The SMILES string of the molecule is NS(=O)(=O)c1ccc(N2CCN(c3ccc([N+](=O)[O-])c(-c4ccccc4)n3)CC2)cc1. The lowest BCUT2D eigenvalue weighted by atomic mass is 10.1. The summed E-state index contributed by atoms with van der Waals surface area (Å²) in [6.45, 7) is 2.76. The molecule has 10 heteroatoms. The molecule has 0 aliphatic carbocycles. The molecule has 0 saturated carbocycles. The molecule has 0 amide bonds. The van der Waals surface area contributed by atoms with E-state index in [9.17, 15) is 18.5 Å². The number of piperazine rings is 1. The monoisotopic (exact) mass is 439 g/mol. The largest absolute Gasteiger partial charge is 0.368 e. The van der Waals surface area contributed by atoms with E-state index in [2.05, 4.69) is 14.8 Å². The molecule has 2 heterocycles. The van der Waals surface area contributed by atoms with Crippen LogP contribution < -0.4 is 14.9 Å². The molecule has 9 nitrogen and oxygen atoms in total. The zero-order chi connectivity index (χ0) is 22.0. The van der Waals surface area contributed by atoms with Gasteiger partial charge in [-0.2, -0.15) is 0 Å². The average molecular weight is 439 g/mol. The van der Waals surface area contributed by atoms with Gasteiger partial charge in [0.15, 0.2) is 5.69 Å². The lowest BCUT2D eigenvalue weighted by Crippen LogP contribution is -2.46. The number of hydrogen-bond donors (Lipinski definition) is 1. The molecule has 3 aromatic rings. The quantitative estimate of drug-likeness (QED) is 0.479. The van der Waals surface area contributed by atoms with Gasteiger partial charge in [-0.25, -0.2) is 18.5 Å². The van der Waals surface area contributed by atoms with Gasteiger partial charge >= 0.3 is 0 Å². The number of nitro groups is 1. The minimum atomic E-state index is -3.71. The van der Waals surface area contributed by atoms with Gasteiger partial charge < -0.3 is 9.80 Å². The van der Waals surface area contributed by atoms with Gasteiger partial charge in [-0.05, 0) is 30.3 Å². The molecule has 2 aromatic carbocycles. The molecule has 2 N–H and O–H groups in total. The van der Waals surface area contributed by atoms with Gasteiger partial charge in [-0.3, -0.25) is 10.1 Å². The maximum Gasteiger partial charge on any atom is 0.295 e. The Bertz CT molecular complexity index is 1190. The van der Waals surface area contributed by atoms with Crippen molar-refractivity contribution in [2.24, 2.45) is 5.14 Å². The highest BCUT2D eigenvalue weighted by molar-refractivity contribution is 7.89. The summed E-state index contributed by atoms with van der Waals surface area (Å²) in [5.74, 6) is 0.689. The Labute approximate surface area is 179 Å². The van der Waals surface area contributed by atoms with Gasteiger partial charge in [-0.1, -0.05) is 30.3 Å². The van der Waals surface area contributed by atoms with Crippen molar-refractivity contribution in [2.45, 2.75) is 4.90 Å². The summed E-state index contributed by atoms with van der Waals surface area (Å²) in [7, 11) is -3.71. The number of anilines is 2. The van der Waals surface area contributed by atoms with E-state index >= 15 is 0 Å². The third-order valence-electron chi connectivity index (χ3n) is 5.24. The van der Waals surface area contributed by atoms with E-state index in [1.54, 1.807) is 18.2 Å². The van der Waals surface area contributed by atoms with Gasteiger partial charge in [0.25, 0.3) is 5.69 Å². The first-order valence-corrected chi connectivity index (χ1v) is 11.2. The van der Waals surface area contributed by atoms with Crippen LogP contribution in [0.15, 0.2) is 71.6 Å². The molecule has 4 rings (SSSR count). The maximum absolute atomic E-state index is 11.5. The van der Waals surface area contributed by atoms with Gasteiger partial charge in [-0.15, -0.1) is 0 Å². The number of nitrogens with two attached hydrogens (primary N) is 1. The minimum absolute atomic E-state index is 0.0245. The van der Waals surface area contributed by atoms with Gasteiger partial charge in [0, 0.05) is 43.5 Å². The molecule has 1 aromatic heterocycles. The molecule has 31 heavy (non-hydrogen) atoms. The van der Waals surface area contributed by atoms with Crippen molar-refractivity contribution in [3.05, 3.63) is 76.8 Å². The zero-order valence-electron chi connectivity index (χ0n) is 16.6. The Kier molecular flexibility index (Phi) is 5.57. The first-order chi connectivity index (χ1) is 14.8. The lowest BCUT2D eigenvalue weighted by molar-refractivity contribution is -0.384. The average Bonchev–Trinajstić information content (AvgIpc) is 2.79. The van der Waals surface area contributed by atoms with E-state index in [0.717, 1.165) is 5.69 Å². The van der Waals surface area contributed by atoms with E-state index in [1.807, 2.05) is 30.3 Å². The number of hydrogen-bond acceptors (Lipinski definition) is 7. The fourth-order valence-electron chi connectivity index (χ4n) is 3.61. The van der Waals surface area contributed by atoms with Crippen LogP contribution in [0.3, 0.4) is 0 Å². The Morgan fingerprint density at radius 2 is 1.48 bits per heavy atom. The fourth-order valence-corrected chi connectivity index (χ4v) is 4.13. The number of benzene rings is 2. The molecule has 0 spiro atoms. The van der Waals surface area contributed by atoms with Crippen molar-refractivity contribution in [1.82, 2.24) is 4.98 Å². The summed E-state index contributed by atoms with van der Waals surface area (Å²) in [6, 6.07) is 18.8. The van der Waals surface area contributed by atoms with Crippen LogP contribution in [-0.2, 0) is 10.0 Å². The fraction of sp³-hybridized carbons (Fsp3) is 0.190. The van der Waals surface area contributed by atoms with E-state index in [4.69, 9.17) is 5.14 Å². The summed E-state index contributed by atoms with van der Waals surface area (Å²) in [4.78, 5) is 20.0. The number of primary sulfonamides is 1. The predicted octanol–water partition coefficient (Wildman–Crippen LogP) is 2.63. The second kappa shape index (κ2) is 8.32. The van der Waals surface area contributed by atoms with E-state index in [1.165, 1.54) is 18.2 Å². The van der Waals surface area contributed by atoms with Crippen LogP contribution in [0.2, 0.25) is 0 Å². The van der Waals surface area contributed by atoms with Crippen molar-refractivity contribution in [3.8, 4) is 11.3 Å². The first-order valence-electron chi connectivity index (χ1n) is 9.66. The van der Waals surface area contributed by atoms with Crippen LogP contribution in [-0.4, -0.2) is 44.5 Å². The smallest absolute Gasteiger partial charge is 0.295 e. The molecule has 1 saturated heterocycles. The molecule has 1 fully saturated rings. The molecule has 1 aliphatic heterocycles. The highest BCUT2D eigenvalue weighted by Gasteiger charge is 2.23. The van der Waals surface area contributed by atoms with Crippen LogP contribution in [0.25, 0.3) is 11.3 Å². The van der Waals surface area contributed by atoms with E-state index in [0.29, 0.717) is 43.3 Å². The Balaban J connectivity index is 1.52. The Morgan fingerprint density at radius 1 is 0.871 bits per heavy atom. The molecule has 0 unspecified atom stereocenters. The molecular formula is C21H21N5O4S. The number of sulfonamides is 1. The molecule has 0 radical (unpaired) electrons. The topological polar surface area (TPSA) is 123 Å². The summed E-state index contributed by atoms with van der Waals surface area (Å²) in [5, 5.41) is 16.6. The van der Waals surface area contributed by atoms with Crippen molar-refractivity contribution >= 4 is 27.2 Å². The standard InChI is InChI=1S/C21H21N5O4S/c22-31(29,30)18-8-6-17(7-9-18)24-12-14-25(15-13-24)20-11-10-19(26(27)28)21(23-20)16-4-2-1-3-5-16/h1-11H,12-15H2,(H2,22,29,30). The molecule has 160 valence electrons. The third-order valence-corrected chi connectivity index (χ3v) is 6.17. The summed E-state index contributed by atoms with van der Waals surface area (Å²) in [6.07, 6.45) is 0. The number of aromatic nitrogens is 1. The second-order valence-electron chi connectivity index (χ2n) is 7.17. The van der Waals surface area contributed by atoms with Crippen LogP contribution in [0.4, 0.5) is 17.2 Å². The molecular weight excluding hydrogens is 418 g/mol. The Morgan fingerprint density at radius 3 is 2.06 bits per heavy atom. The van der Waals surface area contributed by atoms with E-state index in [-0.39, 0.29) is 10.6 Å². The van der Waals surface area contributed by atoms with Crippen LogP contribution in [0.5, 0.6) is 0 Å². The molecule has 0 bridgehead atoms. The summed E-state index contributed by atoms with van der Waals surface area (Å²) in [5.41, 5.74) is 1.94. The normalized spacial score (nSPS) is 14.5. The third kappa shape index (κ3) is 4.49. The number of rotatable bonds is 5. The van der Waals surface area contributed by atoms with Crippen molar-refractivity contribution in [1.29, 1.82) is 0 Å². The van der Waals surface area contributed by atoms with Crippen molar-refractivity contribution in [2.75, 3.05) is 36.0 Å². The minimum Gasteiger partial charge on any atom is -0.368 e. The highest BCUT2D eigenvalue weighted by atomic mass is 32.2. The van der Waals surface area contributed by atoms with Crippen molar-refractivity contribution in [3.63, 3.8) is 0 Å². The zero-order valence-corrected chi connectivity index (χ0v) is 17.4. The molecule has 0 atom stereocenters. The summed E-state index contributed by atoms with van der Waals surface area (Å²) < 4.78 is 22.8. The first kappa shape index (κ1) is 20.8. The second-order valence-corrected chi connectivity index (χ2v) is 8.73. The van der Waals surface area contributed by atoms with Gasteiger partial charge in [0.2, 0.25) is 10.0 Å². The van der Waals surface area contributed by atoms with Gasteiger partial charge in [0.1, 0.15) is 5.82 Å². The van der Waals surface area contributed by atoms with Gasteiger partial charge in [0.05, 0.1) is 9.82 Å². The number of nitrogens with zero attached hydrogens (tertiary/aromatic N) is 4. The van der Waals surface area contributed by atoms with E-state index < -0.39 is 14.9 Å². The Hall–Kier alpha value is -3.50. The van der Waals surface area contributed by atoms with Crippen LogP contribution in [0, 0.1) is 10.1 Å². The molecule has 1 aliphatic rings. The highest BCUT2D eigenvalue weighted by Crippen LogP contribution is 2.31. The van der Waals surface area contributed by atoms with Crippen LogP contribution >= 0.6 is 0 Å². The lowest BCUT2D eigenvalue weighted by Gasteiger charge is -2.36. The predicted molar refractivity (Wildman–Crippen MR) is 119 cm³/mol. The van der Waals surface area contributed by atoms with Crippen LogP contribution in [0.1, 0.15) is 0 Å². The summed E-state index contributed by atoms with van der Waals surface area (Å²) >= 11 is 0. The number of pyridine rings is 1. The van der Waals surface area contributed by atoms with Crippen molar-refractivity contribution < 1.29 is 13.3 Å². The maximum atomic E-state index is 11.5.